The van der Waals surface area contributed by atoms with Crippen molar-refractivity contribution in [3.63, 3.8) is 0 Å². The van der Waals surface area contributed by atoms with Crippen LogP contribution in [-0.2, 0) is 9.84 Å². The molecule has 29 heavy (non-hydrogen) atoms. The van der Waals surface area contributed by atoms with Crippen LogP contribution in [0.2, 0.25) is 0 Å². The smallest absolute Gasteiger partial charge is 0.336 e. The minimum atomic E-state index is -4.67. The van der Waals surface area contributed by atoms with Gasteiger partial charge in [-0.15, -0.1) is 0 Å². The molecule has 0 aromatic heterocycles. The molecule has 1 aliphatic heterocycles. The minimum Gasteiger partial charge on any atom is -0.336 e. The summed E-state index contributed by atoms with van der Waals surface area (Å²) in [5, 5.41) is 3.61. The van der Waals surface area contributed by atoms with Crippen molar-refractivity contribution in [1.82, 2.24) is 10.2 Å². The molecule has 0 unspecified atom stereocenters. The Bertz CT molecular complexity index is 805. The Morgan fingerprint density at radius 1 is 1.14 bits per heavy atom. The number of carbonyl (C=O) groups excluding carboxylic acids is 1. The number of unbranched alkanes of at least 4 members (excludes halogenated alkanes) is 1. The molecule has 0 saturated carbocycles. The molecule has 5 nitrogen and oxygen atoms in total. The van der Waals surface area contributed by atoms with Crippen LogP contribution in [0.5, 0.6) is 0 Å². The summed E-state index contributed by atoms with van der Waals surface area (Å²) < 4.78 is 48.7. The number of hydrogen-bond acceptors (Lipinski definition) is 4. The third kappa shape index (κ3) is 5.75. The molecular weight excluding hydrogens is 398 g/mol. The number of nitrogens with zero attached hydrogens (tertiary/aromatic N) is 1. The Kier molecular flexibility index (Phi) is 7.10. The summed E-state index contributed by atoms with van der Waals surface area (Å²) >= 11 is 0. The maximum Gasteiger partial charge on any atom is 0.341 e. The third-order valence-corrected chi connectivity index (χ3v) is 6.69. The van der Waals surface area contributed by atoms with Gasteiger partial charge in [0.25, 0.3) is 5.91 Å². The molecule has 1 fully saturated rings. The van der Waals surface area contributed by atoms with Crippen LogP contribution < -0.4 is 5.32 Å². The van der Waals surface area contributed by atoms with E-state index in [1.165, 1.54) is 12.1 Å². The first kappa shape index (κ1) is 23.7. The molecule has 1 aliphatic rings. The third-order valence-electron chi connectivity index (χ3n) is 5.29. The zero-order chi connectivity index (χ0) is 22.0. The van der Waals surface area contributed by atoms with E-state index in [2.05, 4.69) is 39.9 Å². The van der Waals surface area contributed by atoms with Crippen molar-refractivity contribution in [2.24, 2.45) is 0 Å². The average molecular weight is 431 g/mol. The number of halogens is 2. The lowest BCUT2D eigenvalue weighted by molar-refractivity contribution is 0.0441. The summed E-state index contributed by atoms with van der Waals surface area (Å²) in [7, 11) is -4.67. The van der Waals surface area contributed by atoms with E-state index in [1.54, 1.807) is 0 Å². The van der Waals surface area contributed by atoms with Crippen LogP contribution in [-0.4, -0.2) is 48.6 Å². The summed E-state index contributed by atoms with van der Waals surface area (Å²) in [6.07, 6.45) is 3.38. The lowest BCUT2D eigenvalue weighted by atomic mass is 9.78. The molecule has 0 aliphatic carbocycles. The second kappa shape index (κ2) is 8.68. The summed E-state index contributed by atoms with van der Waals surface area (Å²) in [5.74, 6) is -3.68. The van der Waals surface area contributed by atoms with Gasteiger partial charge in [-0.25, -0.2) is 8.42 Å². The fourth-order valence-electron chi connectivity index (χ4n) is 4.32. The number of sulfone groups is 1. The SMILES string of the molecule is CCCCN(C(=O)c1ccc(S(=O)(=O)C(F)F)cc1)C1CC(C)(C)NC(C)(C)C1. The van der Waals surface area contributed by atoms with Crippen molar-refractivity contribution in [1.29, 1.82) is 0 Å². The second-order valence-corrected chi connectivity index (χ2v) is 11.1. The molecule has 2 rings (SSSR count). The molecule has 0 spiro atoms. The number of alkyl halides is 2. The summed E-state index contributed by atoms with van der Waals surface area (Å²) in [6, 6.07) is 4.86. The van der Waals surface area contributed by atoms with Crippen LogP contribution in [0.15, 0.2) is 29.2 Å². The van der Waals surface area contributed by atoms with Gasteiger partial charge in [0, 0.05) is 29.2 Å². The van der Waals surface area contributed by atoms with Gasteiger partial charge in [0.15, 0.2) is 0 Å². The monoisotopic (exact) mass is 430 g/mol. The largest absolute Gasteiger partial charge is 0.341 e. The maximum absolute atomic E-state index is 13.3. The van der Waals surface area contributed by atoms with Crippen LogP contribution in [0.3, 0.4) is 0 Å². The highest BCUT2D eigenvalue weighted by Gasteiger charge is 2.41. The van der Waals surface area contributed by atoms with Crippen LogP contribution >= 0.6 is 0 Å². The number of carbonyl (C=O) groups is 1. The lowest BCUT2D eigenvalue weighted by Gasteiger charge is -2.49. The summed E-state index contributed by atoms with van der Waals surface area (Å²) in [5.41, 5.74) is 0.0436. The van der Waals surface area contributed by atoms with E-state index in [1.807, 2.05) is 4.90 Å². The molecular formula is C21H32F2N2O3S. The zero-order valence-corrected chi connectivity index (χ0v) is 18.7. The van der Waals surface area contributed by atoms with Crippen molar-refractivity contribution in [2.75, 3.05) is 6.54 Å². The van der Waals surface area contributed by atoms with Gasteiger partial charge < -0.3 is 10.2 Å². The fraction of sp³-hybridized carbons (Fsp3) is 0.667. The highest BCUT2D eigenvalue weighted by molar-refractivity contribution is 7.91. The molecule has 1 aromatic rings. The van der Waals surface area contributed by atoms with Crippen molar-refractivity contribution in [3.05, 3.63) is 29.8 Å². The number of benzene rings is 1. The standard InChI is InChI=1S/C21H32F2N2O3S/c1-6-7-12-25(16-13-20(2,3)24-21(4,5)14-16)18(26)15-8-10-17(11-9-15)29(27,28)19(22)23/h8-11,16,19,24H,6-7,12-14H2,1-5H3. The minimum absolute atomic E-state index is 0.0322. The summed E-state index contributed by atoms with van der Waals surface area (Å²) in [4.78, 5) is 14.7. The number of piperidine rings is 1. The van der Waals surface area contributed by atoms with Gasteiger partial charge in [0.1, 0.15) is 0 Å². The molecule has 1 aromatic carbocycles. The highest BCUT2D eigenvalue weighted by Crippen LogP contribution is 2.32. The molecule has 0 radical (unpaired) electrons. The first-order valence-corrected chi connectivity index (χ1v) is 11.6. The normalized spacial score (nSPS) is 19.3. The van der Waals surface area contributed by atoms with E-state index < -0.39 is 20.5 Å². The highest BCUT2D eigenvalue weighted by atomic mass is 32.2. The van der Waals surface area contributed by atoms with E-state index in [-0.39, 0.29) is 23.0 Å². The molecule has 1 saturated heterocycles. The van der Waals surface area contributed by atoms with Gasteiger partial charge in [-0.2, -0.15) is 8.78 Å². The van der Waals surface area contributed by atoms with Gasteiger partial charge in [0.05, 0.1) is 4.90 Å². The molecule has 1 amide bonds. The van der Waals surface area contributed by atoms with E-state index in [0.717, 1.165) is 37.8 Å². The zero-order valence-electron chi connectivity index (χ0n) is 17.8. The van der Waals surface area contributed by atoms with Gasteiger partial charge in [-0.1, -0.05) is 13.3 Å². The van der Waals surface area contributed by atoms with Crippen LogP contribution in [0.1, 0.15) is 70.7 Å². The van der Waals surface area contributed by atoms with E-state index >= 15 is 0 Å². The van der Waals surface area contributed by atoms with E-state index in [9.17, 15) is 22.0 Å². The maximum atomic E-state index is 13.3. The molecule has 8 heteroatoms. The molecule has 1 N–H and O–H groups in total. The second-order valence-electron chi connectivity index (χ2n) is 9.14. The van der Waals surface area contributed by atoms with Gasteiger partial charge in [-0.3, -0.25) is 4.79 Å². The van der Waals surface area contributed by atoms with Crippen molar-refractivity contribution < 1.29 is 22.0 Å². The Morgan fingerprint density at radius 3 is 2.10 bits per heavy atom. The number of hydrogen-bond donors (Lipinski definition) is 1. The molecule has 1 heterocycles. The topological polar surface area (TPSA) is 66.5 Å². The first-order valence-electron chi connectivity index (χ1n) is 10.0. The Hall–Kier alpha value is -1.54. The lowest BCUT2D eigenvalue weighted by Crippen LogP contribution is -2.62. The van der Waals surface area contributed by atoms with Crippen molar-refractivity contribution in [3.8, 4) is 0 Å². The fourth-order valence-corrected chi connectivity index (χ4v) is 5.04. The van der Waals surface area contributed by atoms with E-state index in [4.69, 9.17) is 0 Å². The summed E-state index contributed by atoms with van der Waals surface area (Å²) in [6.45, 7) is 11.1. The van der Waals surface area contributed by atoms with Crippen molar-refractivity contribution in [2.45, 2.75) is 88.1 Å². The Labute approximate surface area is 172 Å². The van der Waals surface area contributed by atoms with Gasteiger partial charge >= 0.3 is 5.76 Å². The number of rotatable bonds is 7. The number of amides is 1. The van der Waals surface area contributed by atoms with E-state index in [0.29, 0.717) is 12.1 Å². The van der Waals surface area contributed by atoms with Crippen LogP contribution in [0.4, 0.5) is 8.78 Å². The number of nitrogens with one attached hydrogen (secondary N) is 1. The van der Waals surface area contributed by atoms with Crippen LogP contribution in [0, 0.1) is 0 Å². The average Bonchev–Trinajstić information content (AvgIpc) is 2.59. The van der Waals surface area contributed by atoms with Crippen LogP contribution in [0.25, 0.3) is 0 Å². The van der Waals surface area contributed by atoms with Gasteiger partial charge in [-0.05, 0) is 71.2 Å². The Balaban J connectivity index is 2.32. The van der Waals surface area contributed by atoms with Crippen molar-refractivity contribution >= 4 is 15.7 Å². The molecule has 164 valence electrons. The first-order chi connectivity index (χ1) is 13.3. The van der Waals surface area contributed by atoms with Gasteiger partial charge in [0.2, 0.25) is 9.84 Å². The molecule has 0 atom stereocenters. The molecule has 0 bridgehead atoms. The predicted molar refractivity (Wildman–Crippen MR) is 110 cm³/mol. The quantitative estimate of drug-likeness (QED) is 0.703. The Morgan fingerprint density at radius 2 is 1.66 bits per heavy atom. The predicted octanol–water partition coefficient (Wildman–Crippen LogP) is 4.23.